The zero-order valence-electron chi connectivity index (χ0n) is 17.0. The third kappa shape index (κ3) is 5.09. The van der Waals surface area contributed by atoms with Gasteiger partial charge in [0.25, 0.3) is 5.91 Å². The first kappa shape index (κ1) is 21.8. The lowest BCUT2D eigenvalue weighted by Crippen LogP contribution is -2.38. The number of rotatable bonds is 6. The van der Waals surface area contributed by atoms with Gasteiger partial charge in [0.05, 0.1) is 21.4 Å². The van der Waals surface area contributed by atoms with E-state index < -0.39 is 5.82 Å². The number of nitrogens with zero attached hydrogens (tertiary/aromatic N) is 3. The molecule has 1 aromatic heterocycles. The molecule has 1 N–H and O–H groups in total. The summed E-state index contributed by atoms with van der Waals surface area (Å²) in [7, 11) is 0. The van der Waals surface area contributed by atoms with Crippen molar-refractivity contribution in [3.8, 4) is 16.9 Å². The summed E-state index contributed by atoms with van der Waals surface area (Å²) in [5, 5.41) is 8.22. The lowest BCUT2D eigenvalue weighted by Gasteiger charge is -2.26. The SMILES string of the molecule is O=C(NCCN1CCCCC1)c1cc(-c2ccccc2F)nn1-c1ccc(Cl)c(Cl)c1. The van der Waals surface area contributed by atoms with Crippen LogP contribution in [0.4, 0.5) is 4.39 Å². The van der Waals surface area contributed by atoms with Crippen molar-refractivity contribution in [1.82, 2.24) is 20.0 Å². The number of carbonyl (C=O) groups excluding carboxylic acids is 1. The highest BCUT2D eigenvalue weighted by atomic mass is 35.5. The quantitative estimate of drug-likeness (QED) is 0.549. The van der Waals surface area contributed by atoms with Gasteiger partial charge in [-0.1, -0.05) is 41.8 Å². The average molecular weight is 461 g/mol. The summed E-state index contributed by atoms with van der Waals surface area (Å²) in [6.07, 6.45) is 3.67. The lowest BCUT2D eigenvalue weighted by molar-refractivity contribution is 0.0939. The highest BCUT2D eigenvalue weighted by molar-refractivity contribution is 6.42. The summed E-state index contributed by atoms with van der Waals surface area (Å²) < 4.78 is 15.8. The summed E-state index contributed by atoms with van der Waals surface area (Å²) in [5.41, 5.74) is 1.56. The van der Waals surface area contributed by atoms with Gasteiger partial charge < -0.3 is 10.2 Å². The molecule has 1 aliphatic rings. The molecule has 5 nitrogen and oxygen atoms in total. The van der Waals surface area contributed by atoms with Gasteiger partial charge in [0.15, 0.2) is 0 Å². The van der Waals surface area contributed by atoms with Gasteiger partial charge >= 0.3 is 0 Å². The topological polar surface area (TPSA) is 50.2 Å². The smallest absolute Gasteiger partial charge is 0.270 e. The molecule has 1 amide bonds. The van der Waals surface area contributed by atoms with E-state index in [1.54, 1.807) is 42.5 Å². The van der Waals surface area contributed by atoms with Crippen LogP contribution in [-0.4, -0.2) is 46.8 Å². The number of likely N-dealkylation sites (tertiary alicyclic amines) is 1. The van der Waals surface area contributed by atoms with E-state index in [0.717, 1.165) is 19.6 Å². The van der Waals surface area contributed by atoms with Crippen molar-refractivity contribution >= 4 is 29.1 Å². The van der Waals surface area contributed by atoms with Crippen LogP contribution in [-0.2, 0) is 0 Å². The number of carbonyl (C=O) groups is 1. The van der Waals surface area contributed by atoms with E-state index in [9.17, 15) is 9.18 Å². The Hall–Kier alpha value is -2.41. The largest absolute Gasteiger partial charge is 0.349 e. The van der Waals surface area contributed by atoms with E-state index in [1.807, 2.05) is 0 Å². The number of halogens is 3. The molecule has 3 aromatic rings. The van der Waals surface area contributed by atoms with Gasteiger partial charge in [0.2, 0.25) is 0 Å². The Balaban J connectivity index is 1.61. The number of nitrogens with one attached hydrogen (secondary N) is 1. The van der Waals surface area contributed by atoms with Crippen LogP contribution >= 0.6 is 23.2 Å². The summed E-state index contributed by atoms with van der Waals surface area (Å²) in [4.78, 5) is 15.4. The van der Waals surface area contributed by atoms with Gasteiger partial charge in [-0.15, -0.1) is 0 Å². The Morgan fingerprint density at radius 2 is 1.81 bits per heavy atom. The minimum Gasteiger partial charge on any atom is -0.349 e. The van der Waals surface area contributed by atoms with Crippen LogP contribution in [0.5, 0.6) is 0 Å². The molecule has 162 valence electrons. The number of aromatic nitrogens is 2. The Bertz CT molecular complexity index is 1080. The van der Waals surface area contributed by atoms with Crippen molar-refractivity contribution in [2.75, 3.05) is 26.2 Å². The fourth-order valence-corrected chi connectivity index (χ4v) is 4.05. The monoisotopic (exact) mass is 460 g/mol. The molecule has 1 saturated heterocycles. The normalized spacial score (nSPS) is 14.5. The standard InChI is InChI=1S/C23H23Cl2FN4O/c24-18-9-8-16(14-19(18)25)30-22(15-21(28-30)17-6-2-3-7-20(17)26)23(31)27-10-13-29-11-4-1-5-12-29/h2-3,6-9,14-15H,1,4-5,10-13H2,(H,27,31). The Labute approximate surface area is 190 Å². The minimum atomic E-state index is -0.404. The second-order valence-corrected chi connectivity index (χ2v) is 8.38. The predicted molar refractivity (Wildman–Crippen MR) is 122 cm³/mol. The molecule has 4 rings (SSSR count). The molecule has 2 heterocycles. The molecule has 0 spiro atoms. The van der Waals surface area contributed by atoms with Gasteiger partial charge in [0.1, 0.15) is 11.5 Å². The van der Waals surface area contributed by atoms with Gasteiger partial charge in [-0.05, 0) is 62.3 Å². The fourth-order valence-electron chi connectivity index (χ4n) is 3.76. The van der Waals surface area contributed by atoms with Crippen molar-refractivity contribution < 1.29 is 9.18 Å². The summed E-state index contributed by atoms with van der Waals surface area (Å²) in [6.45, 7) is 3.45. The van der Waals surface area contributed by atoms with Crippen LogP contribution in [0.1, 0.15) is 29.8 Å². The molecule has 2 aromatic carbocycles. The number of hydrogen-bond acceptors (Lipinski definition) is 3. The van der Waals surface area contributed by atoms with E-state index in [0.29, 0.717) is 39.2 Å². The first-order valence-corrected chi connectivity index (χ1v) is 11.1. The third-order valence-corrected chi connectivity index (χ3v) is 6.14. The second-order valence-electron chi connectivity index (χ2n) is 7.56. The maximum Gasteiger partial charge on any atom is 0.270 e. The average Bonchev–Trinajstić information content (AvgIpc) is 3.22. The van der Waals surface area contributed by atoms with Crippen LogP contribution in [0, 0.1) is 5.82 Å². The number of piperidine rings is 1. The van der Waals surface area contributed by atoms with Gasteiger partial charge in [0, 0.05) is 18.7 Å². The first-order chi connectivity index (χ1) is 15.0. The zero-order valence-corrected chi connectivity index (χ0v) is 18.5. The maximum atomic E-state index is 14.4. The maximum absolute atomic E-state index is 14.4. The van der Waals surface area contributed by atoms with E-state index in [4.69, 9.17) is 23.2 Å². The molecule has 0 bridgehead atoms. The van der Waals surface area contributed by atoms with Crippen LogP contribution in [0.25, 0.3) is 16.9 Å². The third-order valence-electron chi connectivity index (χ3n) is 5.40. The second kappa shape index (κ2) is 9.81. The van der Waals surface area contributed by atoms with E-state index in [1.165, 1.54) is 30.0 Å². The molecule has 31 heavy (non-hydrogen) atoms. The van der Waals surface area contributed by atoms with Crippen LogP contribution in [0.15, 0.2) is 48.5 Å². The van der Waals surface area contributed by atoms with E-state index >= 15 is 0 Å². The molecular formula is C23H23Cl2FN4O. The van der Waals surface area contributed by atoms with E-state index in [2.05, 4.69) is 15.3 Å². The summed E-state index contributed by atoms with van der Waals surface area (Å²) >= 11 is 12.2. The molecule has 8 heteroatoms. The van der Waals surface area contributed by atoms with Crippen LogP contribution in [0.3, 0.4) is 0 Å². The molecule has 0 unspecified atom stereocenters. The first-order valence-electron chi connectivity index (χ1n) is 10.3. The number of hydrogen-bond donors (Lipinski definition) is 1. The highest BCUT2D eigenvalue weighted by Gasteiger charge is 2.20. The van der Waals surface area contributed by atoms with Gasteiger partial charge in [-0.3, -0.25) is 4.79 Å². The van der Waals surface area contributed by atoms with Crippen molar-refractivity contribution in [2.24, 2.45) is 0 Å². The molecular weight excluding hydrogens is 438 g/mol. The van der Waals surface area contributed by atoms with Crippen LogP contribution in [0.2, 0.25) is 10.0 Å². The zero-order chi connectivity index (χ0) is 21.8. The van der Waals surface area contributed by atoms with Crippen molar-refractivity contribution in [1.29, 1.82) is 0 Å². The predicted octanol–water partition coefficient (Wildman–Crippen LogP) is 5.20. The van der Waals surface area contributed by atoms with Crippen molar-refractivity contribution in [2.45, 2.75) is 19.3 Å². The van der Waals surface area contributed by atoms with Gasteiger partial charge in [-0.25, -0.2) is 9.07 Å². The minimum absolute atomic E-state index is 0.279. The lowest BCUT2D eigenvalue weighted by atomic mass is 10.1. The highest BCUT2D eigenvalue weighted by Crippen LogP contribution is 2.28. The molecule has 1 aliphatic heterocycles. The molecule has 0 atom stereocenters. The summed E-state index contributed by atoms with van der Waals surface area (Å²) in [5.74, 6) is -0.684. The molecule has 0 saturated carbocycles. The molecule has 0 aliphatic carbocycles. The Kier molecular flexibility index (Phi) is 6.90. The Morgan fingerprint density at radius 3 is 2.55 bits per heavy atom. The number of benzene rings is 2. The van der Waals surface area contributed by atoms with E-state index in [-0.39, 0.29) is 5.91 Å². The summed E-state index contributed by atoms with van der Waals surface area (Å²) in [6, 6.07) is 12.9. The van der Waals surface area contributed by atoms with Gasteiger partial charge in [-0.2, -0.15) is 5.10 Å². The Morgan fingerprint density at radius 1 is 1.03 bits per heavy atom. The fraction of sp³-hybridized carbons (Fsp3) is 0.304. The number of amides is 1. The van der Waals surface area contributed by atoms with Crippen molar-refractivity contribution in [3.05, 3.63) is 70.1 Å². The van der Waals surface area contributed by atoms with Crippen molar-refractivity contribution in [3.63, 3.8) is 0 Å². The molecule has 1 fully saturated rings. The van der Waals surface area contributed by atoms with Crippen LogP contribution < -0.4 is 5.32 Å². The molecule has 0 radical (unpaired) electrons.